The molecule has 1 N–H and O–H groups in total. The number of carbonyl (C=O) groups is 2. The van der Waals surface area contributed by atoms with Gasteiger partial charge in [0.2, 0.25) is 0 Å². The highest BCUT2D eigenvalue weighted by molar-refractivity contribution is 5.92. The van der Waals surface area contributed by atoms with Crippen molar-refractivity contribution >= 4 is 11.9 Å². The second-order valence-electron chi connectivity index (χ2n) is 11.5. The maximum absolute atomic E-state index is 13.0. The van der Waals surface area contributed by atoms with Gasteiger partial charge in [0.15, 0.2) is 0 Å². The molecule has 0 saturated heterocycles. The fourth-order valence-electron chi connectivity index (χ4n) is 5.53. The number of unbranched alkanes of at least 4 members (excludes halogenated alkanes) is 8. The van der Waals surface area contributed by atoms with Crippen molar-refractivity contribution in [1.29, 1.82) is 0 Å². The van der Waals surface area contributed by atoms with Gasteiger partial charge in [0.1, 0.15) is 11.5 Å². The van der Waals surface area contributed by atoms with Crippen LogP contribution in [0, 0.1) is 0 Å². The van der Waals surface area contributed by atoms with E-state index in [1.54, 1.807) is 30.3 Å². The van der Waals surface area contributed by atoms with Crippen LogP contribution in [-0.2, 0) is 0 Å². The largest absolute Gasteiger partial charge is 0.494 e. The molecular weight excluding hydrogens is 536 g/mol. The minimum absolute atomic E-state index is 0.121. The Hall–Kier alpha value is -3.60. The van der Waals surface area contributed by atoms with Crippen LogP contribution in [0.2, 0.25) is 0 Å². The van der Waals surface area contributed by atoms with Crippen molar-refractivity contribution < 1.29 is 24.2 Å². The maximum Gasteiger partial charge on any atom is 0.343 e. The molecule has 0 heterocycles. The highest BCUT2D eigenvalue weighted by Crippen LogP contribution is 2.33. The quantitative estimate of drug-likeness (QED) is 0.0810. The first-order valence-corrected chi connectivity index (χ1v) is 16.4. The van der Waals surface area contributed by atoms with Crippen molar-refractivity contribution in [2.75, 3.05) is 6.61 Å². The second kappa shape index (κ2) is 18.8. The van der Waals surface area contributed by atoms with Crippen LogP contribution >= 0.6 is 0 Å². The lowest BCUT2D eigenvalue weighted by Crippen LogP contribution is -2.11. The predicted octanol–water partition coefficient (Wildman–Crippen LogP) is 10.9. The Balaban J connectivity index is 1.55. The SMILES string of the molecule is CCCCCCCCCCOc1ccc(-c2ccc(C(=O)Oc3ccc(C(=O)O)c(C(CCC)CCCC)c3)cc2)cc1. The van der Waals surface area contributed by atoms with Crippen molar-refractivity contribution in [1.82, 2.24) is 0 Å². The number of ether oxygens (including phenoxy) is 2. The van der Waals surface area contributed by atoms with Crippen molar-refractivity contribution in [2.24, 2.45) is 0 Å². The van der Waals surface area contributed by atoms with E-state index >= 15 is 0 Å². The number of hydrogen-bond donors (Lipinski definition) is 1. The van der Waals surface area contributed by atoms with E-state index in [-0.39, 0.29) is 11.5 Å². The number of carboxylic acids is 1. The van der Waals surface area contributed by atoms with Crippen LogP contribution in [0.3, 0.4) is 0 Å². The molecule has 3 aromatic rings. The van der Waals surface area contributed by atoms with Gasteiger partial charge >= 0.3 is 11.9 Å². The van der Waals surface area contributed by atoms with Crippen LogP contribution in [0.5, 0.6) is 11.5 Å². The van der Waals surface area contributed by atoms with Crippen LogP contribution in [0.4, 0.5) is 0 Å². The lowest BCUT2D eigenvalue weighted by molar-refractivity contribution is 0.0694. The summed E-state index contributed by atoms with van der Waals surface area (Å²) in [6.07, 6.45) is 15.1. The normalized spacial score (nSPS) is 11.7. The van der Waals surface area contributed by atoms with Gasteiger partial charge in [0, 0.05) is 0 Å². The highest BCUT2D eigenvalue weighted by atomic mass is 16.5. The standard InChI is InChI=1S/C38H50O5/c1-4-7-9-10-11-12-13-14-27-42-33-23-21-30(22-24-33)29-17-19-32(20-18-29)38(41)43-34-25-26-35(37(39)40)36(28-34)31(15-6-3)16-8-5-2/h17-26,28,31H,4-16,27H2,1-3H3,(H,39,40). The third-order valence-electron chi connectivity index (χ3n) is 8.02. The van der Waals surface area contributed by atoms with E-state index in [0.717, 1.165) is 67.6 Å². The Morgan fingerprint density at radius 2 is 1.23 bits per heavy atom. The zero-order valence-electron chi connectivity index (χ0n) is 26.4. The summed E-state index contributed by atoms with van der Waals surface area (Å²) < 4.78 is 11.6. The van der Waals surface area contributed by atoms with E-state index in [4.69, 9.17) is 9.47 Å². The van der Waals surface area contributed by atoms with Gasteiger partial charge in [0.25, 0.3) is 0 Å². The fraction of sp³-hybridized carbons (Fsp3) is 0.474. The Kier molecular flexibility index (Phi) is 14.8. The van der Waals surface area contributed by atoms with Crippen LogP contribution < -0.4 is 9.47 Å². The molecule has 0 saturated carbocycles. The summed E-state index contributed by atoms with van der Waals surface area (Å²) in [7, 11) is 0. The first-order chi connectivity index (χ1) is 21.0. The summed E-state index contributed by atoms with van der Waals surface area (Å²) in [5, 5.41) is 9.77. The molecule has 0 aromatic heterocycles. The van der Waals surface area contributed by atoms with E-state index < -0.39 is 11.9 Å². The summed E-state index contributed by atoms with van der Waals surface area (Å²) >= 11 is 0. The Morgan fingerprint density at radius 3 is 1.84 bits per heavy atom. The van der Waals surface area contributed by atoms with Gasteiger partial charge in [0.05, 0.1) is 17.7 Å². The van der Waals surface area contributed by atoms with Gasteiger partial charge in [-0.25, -0.2) is 9.59 Å². The molecule has 0 aliphatic heterocycles. The Morgan fingerprint density at radius 1 is 0.651 bits per heavy atom. The third kappa shape index (κ3) is 11.2. The van der Waals surface area contributed by atoms with Crippen molar-refractivity contribution in [2.45, 2.75) is 110 Å². The molecule has 1 atom stereocenters. The van der Waals surface area contributed by atoms with Crippen LogP contribution in [0.1, 0.15) is 136 Å². The van der Waals surface area contributed by atoms with E-state index in [1.165, 1.54) is 44.9 Å². The van der Waals surface area contributed by atoms with E-state index in [2.05, 4.69) is 20.8 Å². The second-order valence-corrected chi connectivity index (χ2v) is 11.5. The Labute approximate surface area is 258 Å². The number of hydrogen-bond acceptors (Lipinski definition) is 4. The number of benzene rings is 3. The number of esters is 1. The summed E-state index contributed by atoms with van der Waals surface area (Å²) in [5.74, 6) is -0.0591. The molecule has 0 radical (unpaired) electrons. The highest BCUT2D eigenvalue weighted by Gasteiger charge is 2.20. The van der Waals surface area contributed by atoms with Gasteiger partial charge in [-0.2, -0.15) is 0 Å². The Bertz CT molecular complexity index is 1250. The number of rotatable bonds is 20. The van der Waals surface area contributed by atoms with Crippen molar-refractivity contribution in [3.63, 3.8) is 0 Å². The van der Waals surface area contributed by atoms with E-state index in [9.17, 15) is 14.7 Å². The molecule has 3 aromatic carbocycles. The third-order valence-corrected chi connectivity index (χ3v) is 8.02. The molecule has 3 rings (SSSR count). The molecule has 43 heavy (non-hydrogen) atoms. The monoisotopic (exact) mass is 586 g/mol. The minimum atomic E-state index is -0.954. The predicted molar refractivity (Wildman–Crippen MR) is 176 cm³/mol. The first-order valence-electron chi connectivity index (χ1n) is 16.4. The summed E-state index contributed by atoms with van der Waals surface area (Å²) in [6, 6.07) is 20.3. The molecular formula is C38H50O5. The van der Waals surface area contributed by atoms with E-state index in [1.807, 2.05) is 36.4 Å². The fourth-order valence-corrected chi connectivity index (χ4v) is 5.53. The van der Waals surface area contributed by atoms with Gasteiger partial charge in [-0.15, -0.1) is 0 Å². The average Bonchev–Trinajstić information content (AvgIpc) is 3.02. The van der Waals surface area contributed by atoms with Gasteiger partial charge < -0.3 is 14.6 Å². The zero-order valence-corrected chi connectivity index (χ0v) is 26.4. The summed E-state index contributed by atoms with van der Waals surface area (Å²) in [5.41, 5.74) is 3.51. The topological polar surface area (TPSA) is 72.8 Å². The molecule has 0 aliphatic rings. The number of carboxylic acid groups (broad SMARTS) is 1. The van der Waals surface area contributed by atoms with Gasteiger partial charge in [-0.3, -0.25) is 0 Å². The lowest BCUT2D eigenvalue weighted by atomic mass is 9.86. The van der Waals surface area contributed by atoms with Gasteiger partial charge in [-0.05, 0) is 84.3 Å². The van der Waals surface area contributed by atoms with Crippen LogP contribution in [-0.4, -0.2) is 23.7 Å². The van der Waals surface area contributed by atoms with Crippen molar-refractivity contribution in [3.8, 4) is 22.6 Å². The molecule has 0 aliphatic carbocycles. The van der Waals surface area contributed by atoms with Crippen molar-refractivity contribution in [3.05, 3.63) is 83.4 Å². The maximum atomic E-state index is 13.0. The molecule has 5 heteroatoms. The number of aromatic carboxylic acids is 1. The van der Waals surface area contributed by atoms with Gasteiger partial charge in [-0.1, -0.05) is 109 Å². The molecule has 1 unspecified atom stereocenters. The van der Waals surface area contributed by atoms with Crippen LogP contribution in [0.25, 0.3) is 11.1 Å². The summed E-state index contributed by atoms with van der Waals surface area (Å²) in [6.45, 7) is 7.23. The molecule has 0 spiro atoms. The summed E-state index contributed by atoms with van der Waals surface area (Å²) in [4.78, 5) is 24.9. The molecule has 0 amide bonds. The lowest BCUT2D eigenvalue weighted by Gasteiger charge is -2.19. The average molecular weight is 587 g/mol. The molecule has 0 bridgehead atoms. The number of carbonyl (C=O) groups excluding carboxylic acids is 1. The molecule has 232 valence electrons. The first kappa shape index (κ1) is 33.9. The zero-order chi connectivity index (χ0) is 30.9. The van der Waals surface area contributed by atoms with Crippen LogP contribution in [0.15, 0.2) is 66.7 Å². The smallest absolute Gasteiger partial charge is 0.343 e. The molecule has 5 nitrogen and oxygen atoms in total. The minimum Gasteiger partial charge on any atom is -0.494 e. The molecule has 0 fully saturated rings. The van der Waals surface area contributed by atoms with E-state index in [0.29, 0.717) is 11.3 Å².